The lowest BCUT2D eigenvalue weighted by molar-refractivity contribution is -0.144. The first-order valence-electron chi connectivity index (χ1n) is 4.00. The molecule has 65 valence electrons. The molecule has 2 heteroatoms. The average molecular weight is 165 g/mol. The van der Waals surface area contributed by atoms with E-state index in [0.717, 1.165) is 5.92 Å². The molecule has 0 aliphatic heterocycles. The molecule has 0 amide bonds. The molecule has 0 aromatic carbocycles. The van der Waals surface area contributed by atoms with Gasteiger partial charge in [-0.2, -0.15) is 0 Å². The molecule has 2 nitrogen and oxygen atoms in total. The molecule has 0 unspecified atom stereocenters. The summed E-state index contributed by atoms with van der Waals surface area (Å²) in [5.41, 5.74) is 0. The van der Waals surface area contributed by atoms with Crippen LogP contribution in [0.4, 0.5) is 0 Å². The zero-order valence-corrected chi connectivity index (χ0v) is 7.63. The number of carbonyl (C=O) groups is 1. The van der Waals surface area contributed by atoms with Crippen LogP contribution >= 0.6 is 0 Å². The normalized spacial score (nSPS) is 22.6. The standard InChI is InChI=1S/C10H13O2/c1-7-5-4-6-10(7)8(2)12-9(3)11/h4-6,8H,1-3H3/t8-/m0/s1. The van der Waals surface area contributed by atoms with E-state index in [4.69, 9.17) is 4.74 Å². The first-order chi connectivity index (χ1) is 5.61. The Hall–Kier alpha value is -0.530. The predicted molar refractivity (Wildman–Crippen MR) is 46.3 cm³/mol. The lowest BCUT2D eigenvalue weighted by Crippen LogP contribution is -2.22. The second-order valence-corrected chi connectivity index (χ2v) is 2.92. The van der Waals surface area contributed by atoms with Crippen LogP contribution in [0.1, 0.15) is 20.8 Å². The van der Waals surface area contributed by atoms with Gasteiger partial charge in [-0.15, -0.1) is 0 Å². The van der Waals surface area contributed by atoms with Gasteiger partial charge < -0.3 is 4.74 Å². The SMILES string of the molecule is C[C]1[CH][CH][CH][C]1[C@H](C)OC(C)=O. The van der Waals surface area contributed by atoms with Crippen molar-refractivity contribution in [2.45, 2.75) is 26.9 Å². The topological polar surface area (TPSA) is 26.3 Å². The fourth-order valence-electron chi connectivity index (χ4n) is 1.29. The summed E-state index contributed by atoms with van der Waals surface area (Å²) in [7, 11) is 0. The molecule has 12 heavy (non-hydrogen) atoms. The monoisotopic (exact) mass is 165 g/mol. The fraction of sp³-hybridized carbons (Fsp3) is 0.400. The zero-order valence-electron chi connectivity index (χ0n) is 7.63. The Kier molecular flexibility index (Phi) is 3.12. The lowest BCUT2D eigenvalue weighted by Gasteiger charge is -2.21. The van der Waals surface area contributed by atoms with Gasteiger partial charge >= 0.3 is 5.97 Å². The minimum absolute atomic E-state index is 0.127. The first kappa shape index (κ1) is 9.56. The smallest absolute Gasteiger partial charge is 0.302 e. The second-order valence-electron chi connectivity index (χ2n) is 2.92. The van der Waals surface area contributed by atoms with Gasteiger partial charge in [0.25, 0.3) is 0 Å². The van der Waals surface area contributed by atoms with E-state index in [0.29, 0.717) is 0 Å². The maximum absolute atomic E-state index is 10.6. The molecule has 1 fully saturated rings. The van der Waals surface area contributed by atoms with Crippen molar-refractivity contribution in [3.63, 3.8) is 0 Å². The molecule has 0 saturated heterocycles. The van der Waals surface area contributed by atoms with E-state index in [1.807, 2.05) is 33.1 Å². The second kappa shape index (κ2) is 3.92. The van der Waals surface area contributed by atoms with Crippen LogP contribution in [0.3, 0.4) is 0 Å². The number of rotatable bonds is 2. The maximum Gasteiger partial charge on any atom is 0.302 e. The molecule has 0 aromatic rings. The molecule has 1 rings (SSSR count). The highest BCUT2D eigenvalue weighted by molar-refractivity contribution is 5.66. The van der Waals surface area contributed by atoms with E-state index < -0.39 is 0 Å². The van der Waals surface area contributed by atoms with E-state index in [1.54, 1.807) is 0 Å². The third-order valence-electron chi connectivity index (χ3n) is 1.86. The number of hydrogen-bond donors (Lipinski definition) is 0. The molecule has 1 aliphatic rings. The molecule has 5 radical (unpaired) electrons. The summed E-state index contributed by atoms with van der Waals surface area (Å²) in [6, 6.07) is 0. The Bertz CT molecular complexity index is 165. The Balaban J connectivity index is 2.40. The van der Waals surface area contributed by atoms with Crippen LogP contribution in [0.25, 0.3) is 0 Å². The highest BCUT2D eigenvalue weighted by Gasteiger charge is 2.31. The number of esters is 1. The number of ether oxygens (including phenoxy) is 1. The molecule has 1 saturated carbocycles. The molecule has 0 heterocycles. The van der Waals surface area contributed by atoms with E-state index in [9.17, 15) is 4.79 Å². The molecule has 1 aliphatic carbocycles. The largest absolute Gasteiger partial charge is 0.462 e. The van der Waals surface area contributed by atoms with Gasteiger partial charge in [-0.3, -0.25) is 4.79 Å². The van der Waals surface area contributed by atoms with Crippen LogP contribution in [0.2, 0.25) is 0 Å². The summed E-state index contributed by atoms with van der Waals surface area (Å²) >= 11 is 0. The number of carbonyl (C=O) groups excluding carboxylic acids is 1. The third kappa shape index (κ3) is 2.23. The Morgan fingerprint density at radius 2 is 2.17 bits per heavy atom. The van der Waals surface area contributed by atoms with Gasteiger partial charge in [0, 0.05) is 12.8 Å². The first-order valence-corrected chi connectivity index (χ1v) is 4.00. The predicted octanol–water partition coefficient (Wildman–Crippen LogP) is 1.73. The van der Waals surface area contributed by atoms with Gasteiger partial charge in [-0.1, -0.05) is 6.92 Å². The summed E-state index contributed by atoms with van der Waals surface area (Å²) in [5.74, 6) is 2.03. The average Bonchev–Trinajstić information content (AvgIpc) is 2.33. The molecule has 0 aromatic heterocycles. The van der Waals surface area contributed by atoms with Gasteiger partial charge in [0.2, 0.25) is 0 Å². The van der Waals surface area contributed by atoms with Gasteiger partial charge in [0.1, 0.15) is 6.10 Å². The van der Waals surface area contributed by atoms with Gasteiger partial charge in [0.15, 0.2) is 0 Å². The Labute approximate surface area is 74.3 Å². The fourth-order valence-corrected chi connectivity index (χ4v) is 1.29. The number of hydrogen-bond acceptors (Lipinski definition) is 2. The van der Waals surface area contributed by atoms with E-state index in [1.165, 1.54) is 12.8 Å². The molecular formula is C10H13O2. The van der Waals surface area contributed by atoms with E-state index >= 15 is 0 Å². The van der Waals surface area contributed by atoms with Crippen LogP contribution in [0.5, 0.6) is 0 Å². The maximum atomic E-state index is 10.6. The minimum atomic E-state index is -0.233. The Morgan fingerprint density at radius 1 is 1.50 bits per heavy atom. The van der Waals surface area contributed by atoms with Crippen LogP contribution < -0.4 is 0 Å². The molecule has 0 bridgehead atoms. The summed E-state index contributed by atoms with van der Waals surface area (Å²) in [6.07, 6.45) is 5.82. The van der Waals surface area contributed by atoms with Crippen molar-refractivity contribution in [2.24, 2.45) is 0 Å². The van der Waals surface area contributed by atoms with Gasteiger partial charge in [0.05, 0.1) is 0 Å². The molecule has 0 N–H and O–H groups in total. The summed E-state index contributed by atoms with van der Waals surface area (Å²) in [4.78, 5) is 10.6. The van der Waals surface area contributed by atoms with Crippen LogP contribution in [0, 0.1) is 31.1 Å². The van der Waals surface area contributed by atoms with Crippen LogP contribution in [-0.4, -0.2) is 12.1 Å². The lowest BCUT2D eigenvalue weighted by atomic mass is 9.93. The Morgan fingerprint density at radius 3 is 2.58 bits per heavy atom. The zero-order chi connectivity index (χ0) is 9.14. The van der Waals surface area contributed by atoms with Crippen LogP contribution in [-0.2, 0) is 9.53 Å². The van der Waals surface area contributed by atoms with Crippen LogP contribution in [0.15, 0.2) is 0 Å². The molecular weight excluding hydrogens is 152 g/mol. The minimum Gasteiger partial charge on any atom is -0.462 e. The van der Waals surface area contributed by atoms with Crippen molar-refractivity contribution in [2.75, 3.05) is 0 Å². The van der Waals surface area contributed by atoms with Crippen molar-refractivity contribution in [3.8, 4) is 0 Å². The highest BCUT2D eigenvalue weighted by Crippen LogP contribution is 2.35. The van der Waals surface area contributed by atoms with E-state index in [2.05, 4.69) is 0 Å². The van der Waals surface area contributed by atoms with E-state index in [-0.39, 0.29) is 12.1 Å². The summed E-state index contributed by atoms with van der Waals surface area (Å²) in [6.45, 7) is 5.31. The molecule has 0 spiro atoms. The summed E-state index contributed by atoms with van der Waals surface area (Å²) in [5, 5.41) is 0. The van der Waals surface area contributed by atoms with Gasteiger partial charge in [-0.05, 0) is 32.1 Å². The van der Waals surface area contributed by atoms with Crippen molar-refractivity contribution in [1.82, 2.24) is 0 Å². The molecule has 1 atom stereocenters. The summed E-state index contributed by atoms with van der Waals surface area (Å²) < 4.78 is 5.04. The van der Waals surface area contributed by atoms with Crippen molar-refractivity contribution in [1.29, 1.82) is 0 Å². The van der Waals surface area contributed by atoms with Crippen molar-refractivity contribution < 1.29 is 9.53 Å². The quantitative estimate of drug-likeness (QED) is 0.582. The van der Waals surface area contributed by atoms with Crippen molar-refractivity contribution >= 4 is 5.97 Å². The van der Waals surface area contributed by atoms with Crippen molar-refractivity contribution in [3.05, 3.63) is 31.1 Å². The third-order valence-corrected chi connectivity index (χ3v) is 1.86. The highest BCUT2D eigenvalue weighted by atomic mass is 16.5. The van der Waals surface area contributed by atoms with Gasteiger partial charge in [-0.25, -0.2) is 0 Å².